The van der Waals surface area contributed by atoms with E-state index in [-0.39, 0.29) is 5.75 Å². The first-order valence-corrected chi connectivity index (χ1v) is 10.2. The minimum Gasteiger partial charge on any atom is -0.493 e. The summed E-state index contributed by atoms with van der Waals surface area (Å²) in [6.07, 6.45) is 3.16. The van der Waals surface area contributed by atoms with Gasteiger partial charge in [-0.2, -0.15) is 0 Å². The summed E-state index contributed by atoms with van der Waals surface area (Å²) in [5, 5.41) is 6.46. The van der Waals surface area contributed by atoms with Gasteiger partial charge in [0.05, 0.1) is 27.0 Å². The zero-order valence-corrected chi connectivity index (χ0v) is 18.4. The van der Waals surface area contributed by atoms with Crippen LogP contribution in [0.1, 0.15) is 18.1 Å². The van der Waals surface area contributed by atoms with Gasteiger partial charge in [0.25, 0.3) is 0 Å². The highest BCUT2D eigenvalue weighted by Gasteiger charge is 2.08. The molecule has 0 atom stereocenters. The number of rotatable bonds is 9. The van der Waals surface area contributed by atoms with Crippen molar-refractivity contribution in [2.45, 2.75) is 20.0 Å². The van der Waals surface area contributed by atoms with E-state index in [1.165, 1.54) is 12.3 Å². The molecule has 0 aliphatic carbocycles. The molecule has 32 heavy (non-hydrogen) atoms. The Labute approximate surface area is 187 Å². The normalized spacial score (nSPS) is 11.1. The van der Waals surface area contributed by atoms with Crippen molar-refractivity contribution < 1.29 is 18.6 Å². The lowest BCUT2D eigenvalue weighted by Gasteiger charge is -2.13. The molecule has 1 aromatic heterocycles. The molecule has 0 radical (unpaired) electrons. The molecule has 8 heteroatoms. The van der Waals surface area contributed by atoms with Gasteiger partial charge >= 0.3 is 0 Å². The van der Waals surface area contributed by atoms with Gasteiger partial charge in [0.1, 0.15) is 5.75 Å². The number of hydrogen-bond donors (Lipinski definition) is 2. The van der Waals surface area contributed by atoms with Gasteiger partial charge in [0.15, 0.2) is 29.0 Å². The lowest BCUT2D eigenvalue weighted by molar-refractivity contribution is 0.354. The predicted octanol–water partition coefficient (Wildman–Crippen LogP) is 4.29. The molecule has 2 N–H and O–H groups in total. The van der Waals surface area contributed by atoms with Crippen molar-refractivity contribution in [3.63, 3.8) is 0 Å². The van der Waals surface area contributed by atoms with Gasteiger partial charge in [-0.3, -0.25) is 4.98 Å². The summed E-state index contributed by atoms with van der Waals surface area (Å²) in [6, 6.07) is 14.0. The molecule has 3 rings (SSSR count). The summed E-state index contributed by atoms with van der Waals surface area (Å²) in [5.74, 6) is 2.13. The highest BCUT2D eigenvalue weighted by Crippen LogP contribution is 2.27. The number of methoxy groups -OCH3 is 2. The second-order valence-electron chi connectivity index (χ2n) is 6.79. The second-order valence-corrected chi connectivity index (χ2v) is 6.79. The summed E-state index contributed by atoms with van der Waals surface area (Å²) in [5.41, 5.74) is 1.74. The summed E-state index contributed by atoms with van der Waals surface area (Å²) in [6.45, 7) is 3.53. The lowest BCUT2D eigenvalue weighted by Crippen LogP contribution is -2.36. The topological polar surface area (TPSA) is 77.0 Å². The van der Waals surface area contributed by atoms with Crippen molar-refractivity contribution in [1.29, 1.82) is 0 Å². The Hall–Kier alpha value is -3.81. The Morgan fingerprint density at radius 1 is 0.969 bits per heavy atom. The fraction of sp³-hybridized carbons (Fsp3) is 0.250. The molecule has 2 aromatic carbocycles. The van der Waals surface area contributed by atoms with Crippen molar-refractivity contribution in [3.05, 3.63) is 77.9 Å². The number of hydrogen-bond acceptors (Lipinski definition) is 5. The van der Waals surface area contributed by atoms with Gasteiger partial charge in [-0.25, -0.2) is 9.38 Å². The minimum atomic E-state index is -0.454. The first kappa shape index (κ1) is 22.9. The van der Waals surface area contributed by atoms with Crippen molar-refractivity contribution >= 4 is 5.96 Å². The molecule has 0 spiro atoms. The van der Waals surface area contributed by atoms with Gasteiger partial charge in [-0.1, -0.05) is 12.1 Å². The molecule has 0 unspecified atom stereocenters. The molecule has 0 aliphatic rings. The molecule has 0 aliphatic heterocycles. The van der Waals surface area contributed by atoms with E-state index >= 15 is 0 Å². The number of halogens is 1. The Morgan fingerprint density at radius 2 is 1.75 bits per heavy atom. The van der Waals surface area contributed by atoms with Crippen molar-refractivity contribution in [2.75, 3.05) is 20.8 Å². The predicted molar refractivity (Wildman–Crippen MR) is 122 cm³/mol. The molecule has 0 saturated carbocycles. The van der Waals surface area contributed by atoms with Crippen LogP contribution >= 0.6 is 0 Å². The fourth-order valence-corrected chi connectivity index (χ4v) is 2.95. The quantitative estimate of drug-likeness (QED) is 0.384. The molecular weight excluding hydrogens is 411 g/mol. The minimum absolute atomic E-state index is 0.143. The summed E-state index contributed by atoms with van der Waals surface area (Å²) in [4.78, 5) is 8.51. The van der Waals surface area contributed by atoms with Crippen molar-refractivity contribution in [2.24, 2.45) is 4.99 Å². The van der Waals surface area contributed by atoms with E-state index in [2.05, 4.69) is 20.6 Å². The van der Waals surface area contributed by atoms with Crippen LogP contribution in [0.25, 0.3) is 0 Å². The number of pyridine rings is 1. The van der Waals surface area contributed by atoms with Gasteiger partial charge in [-0.15, -0.1) is 0 Å². The number of nitrogens with one attached hydrogen (secondary N) is 2. The summed E-state index contributed by atoms with van der Waals surface area (Å²) < 4.78 is 30.6. The zero-order chi connectivity index (χ0) is 22.8. The first-order chi connectivity index (χ1) is 15.6. The van der Waals surface area contributed by atoms with Crippen LogP contribution < -0.4 is 24.8 Å². The average Bonchev–Trinajstić information content (AvgIpc) is 2.83. The van der Waals surface area contributed by atoms with Gasteiger partial charge in [0.2, 0.25) is 0 Å². The molecule has 7 nitrogen and oxygen atoms in total. The van der Waals surface area contributed by atoms with E-state index in [9.17, 15) is 4.39 Å². The van der Waals surface area contributed by atoms with Crippen LogP contribution in [0.15, 0.2) is 65.9 Å². The van der Waals surface area contributed by atoms with Crippen LogP contribution in [0.4, 0.5) is 4.39 Å². The fourth-order valence-electron chi connectivity index (χ4n) is 2.95. The molecule has 3 aromatic rings. The molecule has 1 heterocycles. The largest absolute Gasteiger partial charge is 0.493 e. The molecule has 0 saturated heterocycles. The van der Waals surface area contributed by atoms with E-state index in [0.29, 0.717) is 42.8 Å². The second kappa shape index (κ2) is 11.5. The van der Waals surface area contributed by atoms with Crippen LogP contribution in [-0.4, -0.2) is 31.7 Å². The number of guanidine groups is 1. The molecule has 0 fully saturated rings. The highest BCUT2D eigenvalue weighted by atomic mass is 19.1. The smallest absolute Gasteiger partial charge is 0.191 e. The number of benzene rings is 2. The van der Waals surface area contributed by atoms with Gasteiger partial charge in [0, 0.05) is 19.3 Å². The van der Waals surface area contributed by atoms with Crippen LogP contribution in [0.2, 0.25) is 0 Å². The van der Waals surface area contributed by atoms with Crippen LogP contribution in [-0.2, 0) is 13.1 Å². The third kappa shape index (κ3) is 6.34. The van der Waals surface area contributed by atoms with E-state index in [1.54, 1.807) is 44.7 Å². The standard InChI is InChI=1S/C24H27FN4O3/c1-4-27-24(29-15-18-8-10-22(30-2)23(13-18)31-3)28-14-17-7-9-21(20(25)12-17)32-19-6-5-11-26-16-19/h5-13,16H,4,14-15H2,1-3H3,(H2,27,28,29). The van der Waals surface area contributed by atoms with Crippen molar-refractivity contribution in [1.82, 2.24) is 15.6 Å². The third-order valence-corrected chi connectivity index (χ3v) is 4.53. The molecular formula is C24H27FN4O3. The highest BCUT2D eigenvalue weighted by molar-refractivity contribution is 5.79. The average molecular weight is 439 g/mol. The zero-order valence-electron chi connectivity index (χ0n) is 18.4. The molecule has 0 amide bonds. The first-order valence-electron chi connectivity index (χ1n) is 10.2. The maximum Gasteiger partial charge on any atom is 0.191 e. The number of aliphatic imine (C=N–C) groups is 1. The van der Waals surface area contributed by atoms with Crippen LogP contribution in [0.3, 0.4) is 0 Å². The summed E-state index contributed by atoms with van der Waals surface area (Å²) >= 11 is 0. The maximum absolute atomic E-state index is 14.5. The van der Waals surface area contributed by atoms with E-state index in [4.69, 9.17) is 14.2 Å². The molecule has 168 valence electrons. The van der Waals surface area contributed by atoms with E-state index in [1.807, 2.05) is 25.1 Å². The van der Waals surface area contributed by atoms with Crippen molar-refractivity contribution in [3.8, 4) is 23.0 Å². The number of aromatic nitrogens is 1. The Bertz CT molecular complexity index is 1040. The van der Waals surface area contributed by atoms with E-state index in [0.717, 1.165) is 11.1 Å². The number of nitrogens with zero attached hydrogens (tertiary/aromatic N) is 2. The Kier molecular flexibility index (Phi) is 8.25. The van der Waals surface area contributed by atoms with Gasteiger partial charge < -0.3 is 24.8 Å². The monoisotopic (exact) mass is 438 g/mol. The third-order valence-electron chi connectivity index (χ3n) is 4.53. The van der Waals surface area contributed by atoms with Crippen LogP contribution in [0.5, 0.6) is 23.0 Å². The number of ether oxygens (including phenoxy) is 3. The Balaban J connectivity index is 1.64. The summed E-state index contributed by atoms with van der Waals surface area (Å²) in [7, 11) is 3.21. The maximum atomic E-state index is 14.5. The van der Waals surface area contributed by atoms with E-state index < -0.39 is 5.82 Å². The SMILES string of the molecule is CCNC(=NCc1ccc(Oc2cccnc2)c(F)c1)NCc1ccc(OC)c(OC)c1. The Morgan fingerprint density at radius 3 is 2.44 bits per heavy atom. The van der Waals surface area contributed by atoms with Gasteiger partial charge in [-0.05, 0) is 54.4 Å². The van der Waals surface area contributed by atoms with Crippen LogP contribution in [0, 0.1) is 5.82 Å². The lowest BCUT2D eigenvalue weighted by atomic mass is 10.2. The molecule has 0 bridgehead atoms.